The molecule has 1 atom stereocenters. The van der Waals surface area contributed by atoms with Gasteiger partial charge in [-0.25, -0.2) is 0 Å². The van der Waals surface area contributed by atoms with Crippen LogP contribution in [0.2, 0.25) is 4.34 Å². The summed E-state index contributed by atoms with van der Waals surface area (Å²) in [6.45, 7) is 9.80. The summed E-state index contributed by atoms with van der Waals surface area (Å²) in [6.07, 6.45) is 0. The Morgan fingerprint density at radius 2 is 1.84 bits per heavy atom. The largest absolute Gasteiger partial charge is 0.340 e. The maximum atomic E-state index is 12.9. The van der Waals surface area contributed by atoms with E-state index in [9.17, 15) is 14.4 Å². The standard InChI is InChI=1S/C22H27ClN4O3S/c1-4-26-9-11-27(12-10-26)22(30)17-6-5-16(13-14(17)2)25-20(28)15(3)24-21(29)18-7-8-19(23)31-18/h5-8,13,15H,4,9-12H2,1-3H3,(H,24,29)(H,25,28). The van der Waals surface area contributed by atoms with Crippen molar-refractivity contribution in [1.29, 1.82) is 0 Å². The van der Waals surface area contributed by atoms with Crippen molar-refractivity contribution in [3.63, 3.8) is 0 Å². The van der Waals surface area contributed by atoms with Crippen LogP contribution in [-0.2, 0) is 4.79 Å². The van der Waals surface area contributed by atoms with Gasteiger partial charge >= 0.3 is 0 Å². The van der Waals surface area contributed by atoms with Crippen molar-refractivity contribution in [2.75, 3.05) is 38.0 Å². The molecule has 7 nitrogen and oxygen atoms in total. The first-order valence-corrected chi connectivity index (χ1v) is 11.5. The zero-order chi connectivity index (χ0) is 22.5. The number of halogens is 1. The second-order valence-electron chi connectivity index (χ2n) is 7.54. The Balaban J connectivity index is 1.58. The van der Waals surface area contributed by atoms with Gasteiger partial charge in [0.2, 0.25) is 5.91 Å². The van der Waals surface area contributed by atoms with E-state index in [4.69, 9.17) is 11.6 Å². The molecule has 9 heteroatoms. The van der Waals surface area contributed by atoms with Gasteiger partial charge in [0.1, 0.15) is 6.04 Å². The molecule has 3 amide bonds. The number of piperazine rings is 1. The van der Waals surface area contributed by atoms with Gasteiger partial charge < -0.3 is 20.4 Å². The molecule has 1 unspecified atom stereocenters. The first-order valence-electron chi connectivity index (χ1n) is 10.3. The molecule has 0 bridgehead atoms. The fraction of sp³-hybridized carbons (Fsp3) is 0.409. The van der Waals surface area contributed by atoms with E-state index in [2.05, 4.69) is 22.5 Å². The van der Waals surface area contributed by atoms with Crippen LogP contribution >= 0.6 is 22.9 Å². The second kappa shape index (κ2) is 10.3. The summed E-state index contributed by atoms with van der Waals surface area (Å²) in [7, 11) is 0. The van der Waals surface area contributed by atoms with Gasteiger partial charge in [-0.3, -0.25) is 14.4 Å². The maximum absolute atomic E-state index is 12.9. The normalized spacial score (nSPS) is 15.4. The van der Waals surface area contributed by atoms with Crippen molar-refractivity contribution < 1.29 is 14.4 Å². The molecule has 1 aliphatic rings. The van der Waals surface area contributed by atoms with Gasteiger partial charge in [-0.15, -0.1) is 11.3 Å². The zero-order valence-electron chi connectivity index (χ0n) is 17.9. The molecule has 2 aromatic rings. The van der Waals surface area contributed by atoms with E-state index in [1.54, 1.807) is 37.3 Å². The zero-order valence-corrected chi connectivity index (χ0v) is 19.5. The molecule has 1 aromatic heterocycles. The highest BCUT2D eigenvalue weighted by atomic mass is 35.5. The molecule has 0 spiro atoms. The number of thiophene rings is 1. The van der Waals surface area contributed by atoms with E-state index in [-0.39, 0.29) is 17.7 Å². The molecule has 1 saturated heterocycles. The van der Waals surface area contributed by atoms with E-state index in [1.165, 1.54) is 0 Å². The minimum absolute atomic E-state index is 0.0152. The second-order valence-corrected chi connectivity index (χ2v) is 9.26. The van der Waals surface area contributed by atoms with Gasteiger partial charge in [-0.05, 0) is 56.3 Å². The van der Waals surface area contributed by atoms with Gasteiger partial charge in [0, 0.05) is 37.4 Å². The summed E-state index contributed by atoms with van der Waals surface area (Å²) >= 11 is 7.01. The van der Waals surface area contributed by atoms with Crippen molar-refractivity contribution in [3.05, 3.63) is 50.7 Å². The molecule has 31 heavy (non-hydrogen) atoms. The number of nitrogens with one attached hydrogen (secondary N) is 2. The SMILES string of the molecule is CCN1CCN(C(=O)c2ccc(NC(=O)C(C)NC(=O)c3ccc(Cl)s3)cc2C)CC1. The van der Waals surface area contributed by atoms with Crippen LogP contribution < -0.4 is 10.6 Å². The average Bonchev–Trinajstić information content (AvgIpc) is 3.20. The Morgan fingerprint density at radius 1 is 1.13 bits per heavy atom. The third-order valence-corrected chi connectivity index (χ3v) is 6.60. The molecule has 0 aliphatic carbocycles. The number of nitrogens with zero attached hydrogens (tertiary/aromatic N) is 2. The lowest BCUT2D eigenvalue weighted by Crippen LogP contribution is -2.48. The Hall–Kier alpha value is -2.42. The number of likely N-dealkylation sites (N-methyl/N-ethyl adjacent to an activating group) is 1. The molecule has 166 valence electrons. The number of anilines is 1. The fourth-order valence-corrected chi connectivity index (χ4v) is 4.39. The van der Waals surface area contributed by atoms with Crippen molar-refractivity contribution in [2.45, 2.75) is 26.8 Å². The van der Waals surface area contributed by atoms with Crippen molar-refractivity contribution in [3.8, 4) is 0 Å². The van der Waals surface area contributed by atoms with Crippen LogP contribution in [0, 0.1) is 6.92 Å². The molecule has 3 rings (SSSR count). The molecule has 2 N–H and O–H groups in total. The molecular weight excluding hydrogens is 436 g/mol. The van der Waals surface area contributed by atoms with Crippen molar-refractivity contribution in [2.24, 2.45) is 0 Å². The number of carbonyl (C=O) groups is 3. The smallest absolute Gasteiger partial charge is 0.262 e. The quantitative estimate of drug-likeness (QED) is 0.690. The van der Waals surface area contributed by atoms with Crippen LogP contribution in [0.3, 0.4) is 0 Å². The van der Waals surface area contributed by atoms with Crippen LogP contribution in [0.1, 0.15) is 39.4 Å². The molecular formula is C22H27ClN4O3S. The molecule has 0 saturated carbocycles. The van der Waals surface area contributed by atoms with Crippen LogP contribution in [0.4, 0.5) is 5.69 Å². The predicted octanol–water partition coefficient (Wildman–Crippen LogP) is 3.24. The minimum Gasteiger partial charge on any atom is -0.340 e. The van der Waals surface area contributed by atoms with Crippen LogP contribution in [0.15, 0.2) is 30.3 Å². The lowest BCUT2D eigenvalue weighted by molar-refractivity contribution is -0.117. The molecule has 2 heterocycles. The Kier molecular flexibility index (Phi) is 7.69. The number of rotatable bonds is 6. The van der Waals surface area contributed by atoms with Crippen molar-refractivity contribution in [1.82, 2.24) is 15.1 Å². The van der Waals surface area contributed by atoms with Crippen LogP contribution in [0.5, 0.6) is 0 Å². The highest BCUT2D eigenvalue weighted by Crippen LogP contribution is 2.21. The molecule has 1 aromatic carbocycles. The fourth-order valence-electron chi connectivity index (χ4n) is 3.44. The molecule has 1 aliphatic heterocycles. The van der Waals surface area contributed by atoms with Gasteiger partial charge in [-0.2, -0.15) is 0 Å². The van der Waals surface area contributed by atoms with E-state index in [1.807, 2.05) is 11.8 Å². The lowest BCUT2D eigenvalue weighted by Gasteiger charge is -2.34. The molecule has 0 radical (unpaired) electrons. The summed E-state index contributed by atoms with van der Waals surface area (Å²) in [5, 5.41) is 5.46. The third kappa shape index (κ3) is 5.84. The van der Waals surface area contributed by atoms with Crippen LogP contribution in [0.25, 0.3) is 0 Å². The topological polar surface area (TPSA) is 81.8 Å². The first kappa shape index (κ1) is 23.2. The maximum Gasteiger partial charge on any atom is 0.262 e. The van der Waals surface area contributed by atoms with E-state index < -0.39 is 6.04 Å². The first-order chi connectivity index (χ1) is 14.8. The molecule has 1 fully saturated rings. The summed E-state index contributed by atoms with van der Waals surface area (Å²) in [6, 6.07) is 7.77. The van der Waals surface area contributed by atoms with Gasteiger partial charge in [0.05, 0.1) is 9.21 Å². The summed E-state index contributed by atoms with van der Waals surface area (Å²) < 4.78 is 0.514. The highest BCUT2D eigenvalue weighted by molar-refractivity contribution is 7.18. The summed E-state index contributed by atoms with van der Waals surface area (Å²) in [5.41, 5.74) is 2.01. The Labute approximate surface area is 191 Å². The van der Waals surface area contributed by atoms with E-state index in [0.29, 0.717) is 20.5 Å². The van der Waals surface area contributed by atoms with Crippen LogP contribution in [-0.4, -0.2) is 66.3 Å². The van der Waals surface area contributed by atoms with Gasteiger partial charge in [0.15, 0.2) is 0 Å². The number of hydrogen-bond acceptors (Lipinski definition) is 5. The van der Waals surface area contributed by atoms with Gasteiger partial charge in [-0.1, -0.05) is 18.5 Å². The summed E-state index contributed by atoms with van der Waals surface area (Å²) in [4.78, 5) is 42.2. The highest BCUT2D eigenvalue weighted by Gasteiger charge is 2.23. The monoisotopic (exact) mass is 462 g/mol. The lowest BCUT2D eigenvalue weighted by atomic mass is 10.1. The number of carbonyl (C=O) groups excluding carboxylic acids is 3. The van der Waals surface area contributed by atoms with E-state index in [0.717, 1.165) is 49.6 Å². The Bertz CT molecular complexity index is 969. The van der Waals surface area contributed by atoms with Gasteiger partial charge in [0.25, 0.3) is 11.8 Å². The van der Waals surface area contributed by atoms with Crippen molar-refractivity contribution >= 4 is 46.3 Å². The number of benzene rings is 1. The minimum atomic E-state index is -0.732. The number of aryl methyl sites for hydroxylation is 1. The predicted molar refractivity (Wildman–Crippen MR) is 124 cm³/mol. The Morgan fingerprint density at radius 3 is 2.42 bits per heavy atom. The third-order valence-electron chi connectivity index (χ3n) is 5.37. The number of hydrogen-bond donors (Lipinski definition) is 2. The average molecular weight is 463 g/mol. The number of amides is 3. The summed E-state index contributed by atoms with van der Waals surface area (Å²) in [5.74, 6) is -0.675. The van der Waals surface area contributed by atoms with E-state index >= 15 is 0 Å².